The van der Waals surface area contributed by atoms with Crippen LogP contribution >= 0.6 is 0 Å². The van der Waals surface area contributed by atoms with Crippen LogP contribution in [0.3, 0.4) is 0 Å². The van der Waals surface area contributed by atoms with E-state index in [1.807, 2.05) is 25.8 Å². The molecule has 0 spiro atoms. The highest BCUT2D eigenvalue weighted by Crippen LogP contribution is 2.19. The number of nitrogens with one attached hydrogen (secondary N) is 2. The molecule has 6 nitrogen and oxygen atoms in total. The molecule has 1 aromatic heterocycles. The standard InChI is InChI=1S/C25H32N6/c1-26-25(28-16-21-9-11-23(12-10-21)18-30-15-13-27-20-30)29-17-24-8-5-14-31(24)19-22-6-3-2-4-7-22/h2-4,6-7,9-13,15,20,24H,5,8,14,16-19H2,1H3,(H2,26,28,29). The molecule has 0 bridgehead atoms. The summed E-state index contributed by atoms with van der Waals surface area (Å²) in [7, 11) is 1.83. The Bertz CT molecular complexity index is 934. The second kappa shape index (κ2) is 10.8. The van der Waals surface area contributed by atoms with E-state index in [0.29, 0.717) is 6.04 Å². The minimum Gasteiger partial charge on any atom is -0.355 e. The summed E-state index contributed by atoms with van der Waals surface area (Å²) >= 11 is 0. The van der Waals surface area contributed by atoms with E-state index in [4.69, 9.17) is 0 Å². The maximum atomic E-state index is 4.41. The van der Waals surface area contributed by atoms with Crippen LogP contribution in [0.25, 0.3) is 0 Å². The van der Waals surface area contributed by atoms with Crippen molar-refractivity contribution in [3.05, 3.63) is 90.0 Å². The van der Waals surface area contributed by atoms with Crippen LogP contribution in [-0.2, 0) is 19.6 Å². The Hall–Kier alpha value is -3.12. The molecule has 2 aromatic carbocycles. The number of aromatic nitrogens is 2. The number of aliphatic imine (C=N–C) groups is 1. The molecule has 31 heavy (non-hydrogen) atoms. The number of rotatable bonds is 8. The van der Waals surface area contributed by atoms with Gasteiger partial charge in [0.1, 0.15) is 0 Å². The first-order chi connectivity index (χ1) is 15.3. The number of hydrogen-bond donors (Lipinski definition) is 2. The van der Waals surface area contributed by atoms with Crippen LogP contribution < -0.4 is 10.6 Å². The Morgan fingerprint density at radius 3 is 2.52 bits per heavy atom. The van der Waals surface area contributed by atoms with Crippen LogP contribution in [0, 0.1) is 0 Å². The van der Waals surface area contributed by atoms with E-state index < -0.39 is 0 Å². The van der Waals surface area contributed by atoms with Crippen molar-refractivity contribution >= 4 is 5.96 Å². The molecule has 1 saturated heterocycles. The van der Waals surface area contributed by atoms with Crippen molar-refractivity contribution in [2.24, 2.45) is 4.99 Å². The minimum absolute atomic E-state index is 0.543. The lowest BCUT2D eigenvalue weighted by Crippen LogP contribution is -2.44. The molecule has 0 amide bonds. The highest BCUT2D eigenvalue weighted by Gasteiger charge is 2.24. The van der Waals surface area contributed by atoms with E-state index >= 15 is 0 Å². The van der Waals surface area contributed by atoms with E-state index in [0.717, 1.165) is 32.1 Å². The molecule has 1 aliphatic rings. The smallest absolute Gasteiger partial charge is 0.191 e. The van der Waals surface area contributed by atoms with Crippen molar-refractivity contribution in [2.45, 2.75) is 38.5 Å². The summed E-state index contributed by atoms with van der Waals surface area (Å²) in [5.74, 6) is 0.856. The lowest BCUT2D eigenvalue weighted by Gasteiger charge is -2.25. The van der Waals surface area contributed by atoms with Crippen LogP contribution in [-0.4, -0.2) is 46.6 Å². The molecule has 2 N–H and O–H groups in total. The number of likely N-dealkylation sites (tertiary alicyclic amines) is 1. The molecule has 1 atom stereocenters. The maximum absolute atomic E-state index is 4.41. The SMILES string of the molecule is CN=C(NCc1ccc(Cn2ccnc2)cc1)NCC1CCCN1Cc1ccccc1. The first-order valence-electron chi connectivity index (χ1n) is 11.1. The zero-order chi connectivity index (χ0) is 21.3. The van der Waals surface area contributed by atoms with Crippen LogP contribution in [0.15, 0.2) is 78.3 Å². The largest absolute Gasteiger partial charge is 0.355 e. The van der Waals surface area contributed by atoms with Gasteiger partial charge in [0.25, 0.3) is 0 Å². The van der Waals surface area contributed by atoms with Gasteiger partial charge in [-0.3, -0.25) is 9.89 Å². The first kappa shape index (κ1) is 21.1. The summed E-state index contributed by atoms with van der Waals surface area (Å²) < 4.78 is 2.07. The molecule has 1 fully saturated rings. The predicted octanol–water partition coefficient (Wildman–Crippen LogP) is 3.26. The lowest BCUT2D eigenvalue weighted by molar-refractivity contribution is 0.245. The van der Waals surface area contributed by atoms with Crippen LogP contribution in [0.4, 0.5) is 0 Å². The first-order valence-corrected chi connectivity index (χ1v) is 11.1. The fourth-order valence-electron chi connectivity index (χ4n) is 4.13. The van der Waals surface area contributed by atoms with E-state index in [9.17, 15) is 0 Å². The average molecular weight is 417 g/mol. The topological polar surface area (TPSA) is 57.5 Å². The summed E-state index contributed by atoms with van der Waals surface area (Å²) in [5, 5.41) is 6.97. The molecular weight excluding hydrogens is 384 g/mol. The van der Waals surface area contributed by atoms with E-state index in [2.05, 4.69) is 84.7 Å². The molecule has 162 valence electrons. The number of imidazole rings is 1. The van der Waals surface area contributed by atoms with Crippen molar-refractivity contribution < 1.29 is 0 Å². The molecule has 0 radical (unpaired) electrons. The van der Waals surface area contributed by atoms with Gasteiger partial charge in [-0.2, -0.15) is 0 Å². The third-order valence-corrected chi connectivity index (χ3v) is 5.86. The minimum atomic E-state index is 0.543. The summed E-state index contributed by atoms with van der Waals surface area (Å²) in [4.78, 5) is 11.1. The van der Waals surface area contributed by atoms with E-state index in [-0.39, 0.29) is 0 Å². The van der Waals surface area contributed by atoms with Crippen molar-refractivity contribution in [2.75, 3.05) is 20.1 Å². The summed E-state index contributed by atoms with van der Waals surface area (Å²) in [6, 6.07) is 20.0. The van der Waals surface area contributed by atoms with Crippen molar-refractivity contribution in [3.8, 4) is 0 Å². The Morgan fingerprint density at radius 1 is 1.00 bits per heavy atom. The monoisotopic (exact) mass is 416 g/mol. The van der Waals surface area contributed by atoms with Crippen LogP contribution in [0.1, 0.15) is 29.5 Å². The Labute approximate surface area is 185 Å². The zero-order valence-electron chi connectivity index (χ0n) is 18.2. The molecule has 3 aromatic rings. The van der Waals surface area contributed by atoms with Crippen molar-refractivity contribution in [1.82, 2.24) is 25.1 Å². The van der Waals surface area contributed by atoms with Gasteiger partial charge in [0.05, 0.1) is 6.33 Å². The molecule has 2 heterocycles. The molecule has 6 heteroatoms. The molecule has 0 saturated carbocycles. The second-order valence-electron chi connectivity index (χ2n) is 8.11. The average Bonchev–Trinajstić information content (AvgIpc) is 3.48. The normalized spacial score (nSPS) is 17.1. The lowest BCUT2D eigenvalue weighted by atomic mass is 10.1. The predicted molar refractivity (Wildman–Crippen MR) is 126 cm³/mol. The van der Waals surface area contributed by atoms with Gasteiger partial charge in [-0.15, -0.1) is 0 Å². The Morgan fingerprint density at radius 2 is 1.77 bits per heavy atom. The molecule has 1 unspecified atom stereocenters. The van der Waals surface area contributed by atoms with Gasteiger partial charge < -0.3 is 15.2 Å². The van der Waals surface area contributed by atoms with Gasteiger partial charge in [0.15, 0.2) is 5.96 Å². The van der Waals surface area contributed by atoms with Gasteiger partial charge in [-0.25, -0.2) is 4.98 Å². The summed E-state index contributed by atoms with van der Waals surface area (Å²) in [6.07, 6.45) is 8.13. The van der Waals surface area contributed by atoms with Gasteiger partial charge >= 0.3 is 0 Å². The fourth-order valence-corrected chi connectivity index (χ4v) is 4.13. The number of guanidine groups is 1. The van der Waals surface area contributed by atoms with Gasteiger partial charge in [-0.05, 0) is 36.1 Å². The highest BCUT2D eigenvalue weighted by atomic mass is 15.2. The number of hydrogen-bond acceptors (Lipinski definition) is 3. The van der Waals surface area contributed by atoms with Crippen molar-refractivity contribution in [1.29, 1.82) is 0 Å². The second-order valence-corrected chi connectivity index (χ2v) is 8.11. The van der Waals surface area contributed by atoms with Gasteiger partial charge in [-0.1, -0.05) is 54.6 Å². The molecule has 0 aliphatic carbocycles. The zero-order valence-corrected chi connectivity index (χ0v) is 18.2. The quantitative estimate of drug-likeness (QED) is 0.437. The number of nitrogens with zero attached hydrogens (tertiary/aromatic N) is 4. The summed E-state index contributed by atoms with van der Waals surface area (Å²) in [5.41, 5.74) is 3.89. The van der Waals surface area contributed by atoms with Crippen LogP contribution in [0.2, 0.25) is 0 Å². The van der Waals surface area contributed by atoms with Crippen LogP contribution in [0.5, 0.6) is 0 Å². The maximum Gasteiger partial charge on any atom is 0.191 e. The van der Waals surface area contributed by atoms with Crippen molar-refractivity contribution in [3.63, 3.8) is 0 Å². The fraction of sp³-hybridized carbons (Fsp3) is 0.360. The summed E-state index contributed by atoms with van der Waals surface area (Å²) in [6.45, 7) is 4.70. The van der Waals surface area contributed by atoms with Gasteiger partial charge in [0.2, 0.25) is 0 Å². The Kier molecular flexibility index (Phi) is 7.34. The molecular formula is C25H32N6. The number of benzene rings is 2. The molecule has 1 aliphatic heterocycles. The third kappa shape index (κ3) is 6.18. The highest BCUT2D eigenvalue weighted by molar-refractivity contribution is 5.79. The third-order valence-electron chi connectivity index (χ3n) is 5.86. The molecule has 4 rings (SSSR count). The van der Waals surface area contributed by atoms with E-state index in [1.54, 1.807) is 0 Å². The van der Waals surface area contributed by atoms with E-state index in [1.165, 1.54) is 36.1 Å². The Balaban J connectivity index is 1.23. The van der Waals surface area contributed by atoms with Gasteiger partial charge in [0, 0.05) is 51.7 Å².